The Kier molecular flexibility index (Phi) is 37.2. The van der Waals surface area contributed by atoms with Crippen LogP contribution < -0.4 is 5.32 Å². The molecule has 3 saturated heterocycles. The second-order valence-corrected chi connectivity index (χ2v) is 20.4. The number of ether oxygens (including phenoxy) is 6. The van der Waals surface area contributed by atoms with E-state index in [0.717, 1.165) is 96.3 Å². The third-order valence-corrected chi connectivity index (χ3v) is 14.0. The molecule has 19 nitrogen and oxygen atoms in total. The van der Waals surface area contributed by atoms with Crippen LogP contribution in [-0.4, -0.2) is 193 Å². The fourth-order valence-electron chi connectivity index (χ4n) is 9.23. The minimum atomic E-state index is -1.98. The van der Waals surface area contributed by atoms with E-state index < -0.39 is 124 Å². The van der Waals surface area contributed by atoms with Gasteiger partial charge in [0.05, 0.1) is 38.6 Å². The molecule has 0 aromatic rings. The van der Waals surface area contributed by atoms with Crippen molar-refractivity contribution in [1.82, 2.24) is 5.32 Å². The van der Waals surface area contributed by atoms with Crippen LogP contribution in [0.2, 0.25) is 0 Å². The van der Waals surface area contributed by atoms with Crippen LogP contribution in [-0.2, 0) is 33.2 Å². The first-order chi connectivity index (χ1) is 37.8. The van der Waals surface area contributed by atoms with Crippen molar-refractivity contribution in [2.75, 3.05) is 26.4 Å². The molecule has 19 heteroatoms. The number of hydrogen-bond donors (Lipinski definition) is 12. The van der Waals surface area contributed by atoms with Crippen molar-refractivity contribution < 1.29 is 89.4 Å². The monoisotopic (exact) mass is 1110 g/mol. The molecule has 0 saturated carbocycles. The molecule has 3 aliphatic rings. The molecule has 3 aliphatic heterocycles. The highest BCUT2D eigenvalue weighted by molar-refractivity contribution is 5.76. The molecule has 12 N–H and O–H groups in total. The predicted molar refractivity (Wildman–Crippen MR) is 295 cm³/mol. The number of rotatable bonds is 40. The molecule has 78 heavy (non-hydrogen) atoms. The summed E-state index contributed by atoms with van der Waals surface area (Å²) in [5.74, 6) is -0.283. The lowest BCUT2D eigenvalue weighted by atomic mass is 9.96. The number of carbonyl (C=O) groups is 1. The molecule has 448 valence electrons. The molecule has 17 unspecified atom stereocenters. The van der Waals surface area contributed by atoms with Gasteiger partial charge in [-0.2, -0.15) is 0 Å². The van der Waals surface area contributed by atoms with E-state index in [4.69, 9.17) is 28.4 Å². The average molecular weight is 1110 g/mol. The summed E-state index contributed by atoms with van der Waals surface area (Å²) < 4.78 is 34.2. The maximum atomic E-state index is 13.3. The maximum absolute atomic E-state index is 13.3. The van der Waals surface area contributed by atoms with Gasteiger partial charge in [0.15, 0.2) is 18.9 Å². The standard InChI is InChI=1S/C59H99NO18/c1-3-5-7-9-11-13-14-15-16-17-18-19-20-21-22-23-24-25-26-27-28-29-31-33-35-37-47(65)60-42(43(64)36-34-32-30-12-10-8-6-4-2)41-73-57-53(71)50(68)55(45(39-62)75-57)78-59-54(72)51(69)56(46(40-63)76-59)77-58-52(70)49(67)48(66)44(38-61)74-58/h5,7,11,13,15-16,18-19,21-22,24-25,27-28,42-46,48-59,61-64,66-72H,3-4,6,8-10,12,14,17,20,23,26,29-41H2,1-2H3,(H,60,65)/b7-5-,13-11-,16-15-,19-18-,22-21-,25-24-,28-27-. The molecular weight excluding hydrogens is 1010 g/mol. The number of hydrogen-bond acceptors (Lipinski definition) is 18. The van der Waals surface area contributed by atoms with Gasteiger partial charge in [-0.05, 0) is 70.6 Å². The number of carbonyl (C=O) groups excluding carboxylic acids is 1. The molecule has 17 atom stereocenters. The first-order valence-electron chi connectivity index (χ1n) is 28.8. The van der Waals surface area contributed by atoms with Crippen molar-refractivity contribution in [3.05, 3.63) is 85.1 Å². The lowest BCUT2D eigenvalue weighted by molar-refractivity contribution is -0.379. The summed E-state index contributed by atoms with van der Waals surface area (Å²) in [5.41, 5.74) is 0. The van der Waals surface area contributed by atoms with Gasteiger partial charge in [-0.1, -0.05) is 157 Å². The van der Waals surface area contributed by atoms with Gasteiger partial charge in [-0.25, -0.2) is 0 Å². The van der Waals surface area contributed by atoms with Crippen molar-refractivity contribution in [2.24, 2.45) is 0 Å². The van der Waals surface area contributed by atoms with Gasteiger partial charge in [0.1, 0.15) is 73.2 Å². The SMILES string of the molecule is CC/C=C\C/C=C\C/C=C\C/C=C\C/C=C\C/C=C\C/C=C\CCCCCC(=O)NC(COC1OC(CO)C(OC2OC(CO)C(OC3OC(CO)C(O)C(O)C3O)C(O)C2O)C(O)C1O)C(O)CCCCCCCCCC. The van der Waals surface area contributed by atoms with E-state index in [-0.39, 0.29) is 18.9 Å². The molecule has 0 spiro atoms. The Balaban J connectivity index is 1.46. The summed E-state index contributed by atoms with van der Waals surface area (Å²) in [7, 11) is 0. The smallest absolute Gasteiger partial charge is 0.220 e. The summed E-state index contributed by atoms with van der Waals surface area (Å²) in [6.07, 6.45) is 22.7. The van der Waals surface area contributed by atoms with Crippen LogP contribution in [0.1, 0.15) is 149 Å². The maximum Gasteiger partial charge on any atom is 0.220 e. The van der Waals surface area contributed by atoms with E-state index in [1.807, 2.05) is 0 Å². The van der Waals surface area contributed by atoms with Gasteiger partial charge in [-0.15, -0.1) is 0 Å². The number of aliphatic hydroxyl groups excluding tert-OH is 11. The molecule has 0 aromatic heterocycles. The lowest BCUT2D eigenvalue weighted by Crippen LogP contribution is -2.66. The van der Waals surface area contributed by atoms with Crippen LogP contribution in [0.3, 0.4) is 0 Å². The highest BCUT2D eigenvalue weighted by Crippen LogP contribution is 2.33. The molecule has 0 bridgehead atoms. The Hall–Kier alpha value is -3.03. The Morgan fingerprint density at radius 3 is 1.37 bits per heavy atom. The van der Waals surface area contributed by atoms with Crippen LogP contribution in [0.25, 0.3) is 0 Å². The van der Waals surface area contributed by atoms with Gasteiger partial charge in [0.2, 0.25) is 5.91 Å². The average Bonchev–Trinajstić information content (AvgIpc) is 3.48. The zero-order valence-electron chi connectivity index (χ0n) is 46.4. The van der Waals surface area contributed by atoms with Gasteiger partial charge in [-0.3, -0.25) is 4.79 Å². The molecule has 0 aromatic carbocycles. The Bertz CT molecular complexity index is 1750. The van der Waals surface area contributed by atoms with E-state index >= 15 is 0 Å². The first kappa shape index (κ1) is 69.2. The Labute approximate surface area is 463 Å². The Morgan fingerprint density at radius 1 is 0.474 bits per heavy atom. The number of allylic oxidation sites excluding steroid dienone is 14. The van der Waals surface area contributed by atoms with Crippen molar-refractivity contribution in [3.8, 4) is 0 Å². The quantitative estimate of drug-likeness (QED) is 0.0299. The van der Waals surface area contributed by atoms with E-state index in [1.54, 1.807) is 0 Å². The van der Waals surface area contributed by atoms with Gasteiger partial charge in [0, 0.05) is 6.42 Å². The molecule has 3 rings (SSSR count). The van der Waals surface area contributed by atoms with Crippen molar-refractivity contribution >= 4 is 5.91 Å². The second-order valence-electron chi connectivity index (χ2n) is 20.4. The van der Waals surface area contributed by atoms with Crippen LogP contribution >= 0.6 is 0 Å². The van der Waals surface area contributed by atoms with Crippen molar-refractivity contribution in [3.63, 3.8) is 0 Å². The second kappa shape index (κ2) is 41.9. The highest BCUT2D eigenvalue weighted by atomic mass is 16.8. The van der Waals surface area contributed by atoms with Crippen LogP contribution in [0, 0.1) is 0 Å². The Morgan fingerprint density at radius 2 is 0.885 bits per heavy atom. The fraction of sp³-hybridized carbons (Fsp3) is 0.746. The van der Waals surface area contributed by atoms with E-state index in [1.165, 1.54) is 12.8 Å². The molecular formula is C59H99NO18. The fourth-order valence-corrected chi connectivity index (χ4v) is 9.23. The molecule has 3 fully saturated rings. The highest BCUT2D eigenvalue weighted by Gasteiger charge is 2.53. The molecule has 3 heterocycles. The van der Waals surface area contributed by atoms with E-state index in [2.05, 4.69) is 104 Å². The van der Waals surface area contributed by atoms with Crippen molar-refractivity contribution in [2.45, 2.75) is 253 Å². The molecule has 0 radical (unpaired) electrons. The van der Waals surface area contributed by atoms with E-state index in [9.17, 15) is 61.0 Å². The minimum Gasteiger partial charge on any atom is -0.394 e. The summed E-state index contributed by atoms with van der Waals surface area (Å²) in [5, 5.41) is 120. The van der Waals surface area contributed by atoms with Crippen LogP contribution in [0.5, 0.6) is 0 Å². The molecule has 1 amide bonds. The van der Waals surface area contributed by atoms with Crippen LogP contribution in [0.4, 0.5) is 0 Å². The number of aliphatic hydroxyl groups is 11. The summed E-state index contributed by atoms with van der Waals surface area (Å²) in [6, 6.07) is -0.908. The van der Waals surface area contributed by atoms with Gasteiger partial charge >= 0.3 is 0 Å². The topological polar surface area (TPSA) is 307 Å². The number of nitrogens with one attached hydrogen (secondary N) is 1. The lowest BCUT2D eigenvalue weighted by Gasteiger charge is -2.48. The predicted octanol–water partition coefficient (Wildman–Crippen LogP) is 4.42. The van der Waals surface area contributed by atoms with E-state index in [0.29, 0.717) is 19.3 Å². The zero-order valence-corrected chi connectivity index (χ0v) is 46.4. The van der Waals surface area contributed by atoms with Gasteiger partial charge < -0.3 is 89.9 Å². The van der Waals surface area contributed by atoms with Gasteiger partial charge in [0.25, 0.3) is 0 Å². The summed E-state index contributed by atoms with van der Waals surface area (Å²) >= 11 is 0. The van der Waals surface area contributed by atoms with Crippen LogP contribution in [0.15, 0.2) is 85.1 Å². The summed E-state index contributed by atoms with van der Waals surface area (Å²) in [6.45, 7) is 1.56. The number of unbranched alkanes of at least 4 members (excludes halogenated alkanes) is 10. The molecule has 0 aliphatic carbocycles. The first-order valence-corrected chi connectivity index (χ1v) is 28.8. The normalized spacial score (nSPS) is 31.1. The zero-order chi connectivity index (χ0) is 56.9. The number of amides is 1. The third kappa shape index (κ3) is 25.8. The minimum absolute atomic E-state index is 0.220. The largest absolute Gasteiger partial charge is 0.394 e. The van der Waals surface area contributed by atoms with Crippen molar-refractivity contribution in [1.29, 1.82) is 0 Å². The third-order valence-electron chi connectivity index (χ3n) is 14.0. The summed E-state index contributed by atoms with van der Waals surface area (Å²) in [4.78, 5) is 13.3.